The standard InChI is InChI=1S/C17H22O2.CH4/c1-19-17(14-6-3-7-15(18)11-14)16-9-8-12-4-2-5-13(16)10-12;/h3,6-7,11-13,18H,2,4-5,8-10H2,1H3;1H4. The highest BCUT2D eigenvalue weighted by atomic mass is 16.5. The van der Waals surface area contributed by atoms with Crippen LogP contribution in [-0.4, -0.2) is 12.2 Å². The number of fused-ring (bicyclic) bond motifs is 2. The van der Waals surface area contributed by atoms with E-state index in [-0.39, 0.29) is 7.43 Å². The Morgan fingerprint density at radius 3 is 2.85 bits per heavy atom. The number of rotatable bonds is 2. The van der Waals surface area contributed by atoms with Crippen molar-refractivity contribution in [3.8, 4) is 5.75 Å². The number of ether oxygens (including phenoxy) is 1. The van der Waals surface area contributed by atoms with Crippen LogP contribution < -0.4 is 0 Å². The third-order valence-corrected chi connectivity index (χ3v) is 4.70. The molecule has 1 aromatic rings. The van der Waals surface area contributed by atoms with Crippen molar-refractivity contribution in [3.63, 3.8) is 0 Å². The minimum absolute atomic E-state index is 0. The molecule has 2 nitrogen and oxygen atoms in total. The first-order valence-corrected chi connectivity index (χ1v) is 7.34. The summed E-state index contributed by atoms with van der Waals surface area (Å²) < 4.78 is 5.69. The largest absolute Gasteiger partial charge is 0.508 e. The molecule has 110 valence electrons. The zero-order chi connectivity index (χ0) is 13.2. The quantitative estimate of drug-likeness (QED) is 0.770. The van der Waals surface area contributed by atoms with Crippen LogP contribution in [0.25, 0.3) is 5.76 Å². The topological polar surface area (TPSA) is 29.5 Å². The normalized spacial score (nSPS) is 27.4. The maximum absolute atomic E-state index is 9.65. The average molecular weight is 274 g/mol. The van der Waals surface area contributed by atoms with Crippen LogP contribution in [0.1, 0.15) is 51.5 Å². The summed E-state index contributed by atoms with van der Waals surface area (Å²) in [5, 5.41) is 9.65. The van der Waals surface area contributed by atoms with Gasteiger partial charge >= 0.3 is 0 Å². The molecule has 20 heavy (non-hydrogen) atoms. The highest BCUT2D eigenvalue weighted by molar-refractivity contribution is 5.65. The molecular weight excluding hydrogens is 248 g/mol. The molecule has 0 heterocycles. The second kappa shape index (κ2) is 6.34. The number of aromatic hydroxyl groups is 1. The molecule has 2 aliphatic carbocycles. The number of hydrogen-bond donors (Lipinski definition) is 1. The van der Waals surface area contributed by atoms with Gasteiger partial charge in [0.2, 0.25) is 0 Å². The summed E-state index contributed by atoms with van der Waals surface area (Å²) in [5.74, 6) is 2.95. The zero-order valence-corrected chi connectivity index (χ0v) is 11.6. The third kappa shape index (κ3) is 2.84. The van der Waals surface area contributed by atoms with Gasteiger partial charge in [-0.3, -0.25) is 0 Å². The van der Waals surface area contributed by atoms with Crippen molar-refractivity contribution in [2.75, 3.05) is 7.11 Å². The maximum atomic E-state index is 9.65. The molecule has 2 fully saturated rings. The van der Waals surface area contributed by atoms with E-state index in [4.69, 9.17) is 4.74 Å². The van der Waals surface area contributed by atoms with Gasteiger partial charge in [0.1, 0.15) is 11.5 Å². The molecule has 0 aromatic heterocycles. The van der Waals surface area contributed by atoms with Gasteiger partial charge in [-0.2, -0.15) is 0 Å². The fraction of sp³-hybridized carbons (Fsp3) is 0.556. The van der Waals surface area contributed by atoms with Gasteiger partial charge in [0, 0.05) is 5.56 Å². The molecular formula is C18H26O2. The molecule has 0 aliphatic heterocycles. The Bertz CT molecular complexity index is 490. The van der Waals surface area contributed by atoms with Crippen LogP contribution in [0.15, 0.2) is 29.8 Å². The van der Waals surface area contributed by atoms with Crippen molar-refractivity contribution < 1.29 is 9.84 Å². The molecule has 3 rings (SSSR count). The van der Waals surface area contributed by atoms with Crippen molar-refractivity contribution in [1.29, 1.82) is 0 Å². The van der Waals surface area contributed by atoms with E-state index in [2.05, 4.69) is 0 Å². The molecule has 2 saturated carbocycles. The van der Waals surface area contributed by atoms with Gasteiger partial charge in [0.05, 0.1) is 7.11 Å². The van der Waals surface area contributed by atoms with E-state index in [1.165, 1.54) is 37.7 Å². The van der Waals surface area contributed by atoms with E-state index in [0.29, 0.717) is 11.7 Å². The number of methoxy groups -OCH3 is 1. The van der Waals surface area contributed by atoms with Crippen molar-refractivity contribution in [2.45, 2.75) is 46.0 Å². The van der Waals surface area contributed by atoms with Gasteiger partial charge in [0.15, 0.2) is 0 Å². The molecule has 2 aliphatic rings. The predicted octanol–water partition coefficient (Wildman–Crippen LogP) is 4.99. The average Bonchev–Trinajstić information content (AvgIpc) is 2.43. The van der Waals surface area contributed by atoms with Gasteiger partial charge in [-0.25, -0.2) is 0 Å². The number of phenolic OH excluding ortho intramolecular Hbond substituents is 1. The summed E-state index contributed by atoms with van der Waals surface area (Å²) in [6.07, 6.45) is 7.87. The third-order valence-electron chi connectivity index (χ3n) is 4.70. The first kappa shape index (κ1) is 15.0. The molecule has 2 bridgehead atoms. The Morgan fingerprint density at radius 2 is 2.10 bits per heavy atom. The van der Waals surface area contributed by atoms with E-state index in [1.54, 1.807) is 19.2 Å². The Hall–Kier alpha value is -1.44. The fourth-order valence-corrected chi connectivity index (χ4v) is 3.81. The highest BCUT2D eigenvalue weighted by Crippen LogP contribution is 2.45. The number of hydrogen-bond acceptors (Lipinski definition) is 2. The first-order valence-electron chi connectivity index (χ1n) is 7.34. The van der Waals surface area contributed by atoms with Crippen molar-refractivity contribution in [3.05, 3.63) is 35.4 Å². The lowest BCUT2D eigenvalue weighted by atomic mass is 9.69. The minimum Gasteiger partial charge on any atom is -0.508 e. The summed E-state index contributed by atoms with van der Waals surface area (Å²) in [6.45, 7) is 0. The van der Waals surface area contributed by atoms with Crippen LogP contribution in [-0.2, 0) is 4.74 Å². The summed E-state index contributed by atoms with van der Waals surface area (Å²) in [4.78, 5) is 0. The van der Waals surface area contributed by atoms with Gasteiger partial charge in [0.25, 0.3) is 0 Å². The predicted molar refractivity (Wildman–Crippen MR) is 83.4 cm³/mol. The summed E-state index contributed by atoms with van der Waals surface area (Å²) in [7, 11) is 1.75. The molecule has 2 heteroatoms. The van der Waals surface area contributed by atoms with Crippen LogP contribution in [0, 0.1) is 11.8 Å². The smallest absolute Gasteiger partial charge is 0.125 e. The zero-order valence-electron chi connectivity index (χ0n) is 11.6. The van der Waals surface area contributed by atoms with Crippen LogP contribution in [0.5, 0.6) is 5.75 Å². The van der Waals surface area contributed by atoms with Crippen molar-refractivity contribution in [1.82, 2.24) is 0 Å². The lowest BCUT2D eigenvalue weighted by Crippen LogP contribution is -2.24. The molecule has 0 amide bonds. The maximum Gasteiger partial charge on any atom is 0.125 e. The SMILES string of the molecule is C.COC(=C1CCC2CCCC1C2)c1cccc(O)c1. The Balaban J connectivity index is 0.00000147. The van der Waals surface area contributed by atoms with E-state index < -0.39 is 0 Å². The number of benzene rings is 1. The van der Waals surface area contributed by atoms with E-state index in [1.807, 2.05) is 12.1 Å². The summed E-state index contributed by atoms with van der Waals surface area (Å²) in [6, 6.07) is 7.43. The van der Waals surface area contributed by atoms with Crippen molar-refractivity contribution >= 4 is 5.76 Å². The van der Waals surface area contributed by atoms with Gasteiger partial charge in [-0.15, -0.1) is 0 Å². The first-order chi connectivity index (χ1) is 9.28. The second-order valence-electron chi connectivity index (χ2n) is 5.88. The van der Waals surface area contributed by atoms with Crippen LogP contribution in [0.2, 0.25) is 0 Å². The highest BCUT2D eigenvalue weighted by Gasteiger charge is 2.31. The fourth-order valence-electron chi connectivity index (χ4n) is 3.81. The van der Waals surface area contributed by atoms with E-state index >= 15 is 0 Å². The van der Waals surface area contributed by atoms with Gasteiger partial charge in [-0.1, -0.05) is 32.4 Å². The summed E-state index contributed by atoms with van der Waals surface area (Å²) in [5.41, 5.74) is 2.49. The molecule has 0 spiro atoms. The van der Waals surface area contributed by atoms with E-state index in [9.17, 15) is 5.11 Å². The van der Waals surface area contributed by atoms with Gasteiger partial charge in [-0.05, 0) is 55.2 Å². The van der Waals surface area contributed by atoms with Crippen molar-refractivity contribution in [2.24, 2.45) is 11.8 Å². The molecule has 0 saturated heterocycles. The molecule has 2 atom stereocenters. The van der Waals surface area contributed by atoms with Crippen LogP contribution in [0.3, 0.4) is 0 Å². The molecule has 1 aromatic carbocycles. The number of phenols is 1. The minimum atomic E-state index is 0. The molecule has 2 unspecified atom stereocenters. The van der Waals surface area contributed by atoms with Gasteiger partial charge < -0.3 is 9.84 Å². The Labute approximate surface area is 122 Å². The molecule has 0 radical (unpaired) electrons. The summed E-state index contributed by atoms with van der Waals surface area (Å²) >= 11 is 0. The van der Waals surface area contributed by atoms with Crippen LogP contribution in [0.4, 0.5) is 0 Å². The number of allylic oxidation sites excluding steroid dienone is 1. The monoisotopic (exact) mass is 274 g/mol. The lowest BCUT2D eigenvalue weighted by molar-refractivity contribution is 0.235. The Kier molecular flexibility index (Phi) is 4.74. The van der Waals surface area contributed by atoms with Crippen LogP contribution >= 0.6 is 0 Å². The van der Waals surface area contributed by atoms with E-state index in [0.717, 1.165) is 23.7 Å². The Morgan fingerprint density at radius 1 is 1.25 bits per heavy atom. The lowest BCUT2D eigenvalue weighted by Gasteiger charge is -2.37. The molecule has 1 N–H and O–H groups in total. The second-order valence-corrected chi connectivity index (χ2v) is 5.88.